The summed E-state index contributed by atoms with van der Waals surface area (Å²) in [5.41, 5.74) is 0.184. The topological polar surface area (TPSA) is 29.1 Å². The minimum atomic E-state index is 0.0205. The third-order valence-electron chi connectivity index (χ3n) is 3.59. The Morgan fingerprint density at radius 3 is 2.29 bits per heavy atom. The molecule has 2 fully saturated rings. The molecule has 2 nitrogen and oxygen atoms in total. The molecule has 0 aromatic heterocycles. The summed E-state index contributed by atoms with van der Waals surface area (Å²) in [5, 5.41) is 3.72. The molecular weight excluding hydrogens is 174 g/mol. The van der Waals surface area contributed by atoms with Crippen LogP contribution in [0.25, 0.3) is 0 Å². The Bertz CT molecular complexity index is 239. The first-order valence-corrected chi connectivity index (χ1v) is 5.83. The summed E-state index contributed by atoms with van der Waals surface area (Å²) in [6, 6.07) is 0. The minimum absolute atomic E-state index is 0.0205. The van der Waals surface area contributed by atoms with Crippen molar-refractivity contribution in [1.29, 1.82) is 0 Å². The van der Waals surface area contributed by atoms with Crippen molar-refractivity contribution in [1.82, 2.24) is 5.32 Å². The van der Waals surface area contributed by atoms with Gasteiger partial charge in [0.1, 0.15) is 5.78 Å². The lowest BCUT2D eigenvalue weighted by molar-refractivity contribution is -0.125. The number of Topliss-reactive ketones (excluding diaryl/α,β-unsaturated/α-hetero) is 1. The van der Waals surface area contributed by atoms with Crippen molar-refractivity contribution in [2.24, 2.45) is 0 Å². The molecule has 1 heterocycles. The Kier molecular flexibility index (Phi) is 2.42. The summed E-state index contributed by atoms with van der Waals surface area (Å²) in [7, 11) is 0. The molecule has 0 aromatic rings. The SMILES string of the molecule is CC1(C)CC(=O)CC2(CCCCC2)N1. The van der Waals surface area contributed by atoms with Crippen molar-refractivity contribution in [3.05, 3.63) is 0 Å². The molecule has 2 heteroatoms. The number of ketones is 1. The quantitative estimate of drug-likeness (QED) is 0.643. The van der Waals surface area contributed by atoms with E-state index in [0.29, 0.717) is 12.2 Å². The number of hydrogen-bond donors (Lipinski definition) is 1. The second kappa shape index (κ2) is 3.34. The number of carbonyl (C=O) groups excluding carboxylic acids is 1. The molecule has 1 saturated heterocycles. The van der Waals surface area contributed by atoms with Gasteiger partial charge in [-0.25, -0.2) is 0 Å². The fourth-order valence-electron chi connectivity index (χ4n) is 3.27. The van der Waals surface area contributed by atoms with Gasteiger partial charge in [0.25, 0.3) is 0 Å². The maximum absolute atomic E-state index is 11.7. The molecule has 1 N–H and O–H groups in total. The summed E-state index contributed by atoms with van der Waals surface area (Å²) in [6.45, 7) is 4.31. The van der Waals surface area contributed by atoms with Crippen LogP contribution in [0.1, 0.15) is 58.8 Å². The smallest absolute Gasteiger partial charge is 0.136 e. The van der Waals surface area contributed by atoms with E-state index in [1.165, 1.54) is 32.1 Å². The number of carbonyl (C=O) groups is 1. The molecule has 2 rings (SSSR count). The lowest BCUT2D eigenvalue weighted by atomic mass is 9.72. The normalized spacial score (nSPS) is 30.6. The van der Waals surface area contributed by atoms with E-state index in [2.05, 4.69) is 19.2 Å². The molecular formula is C12H21NO. The van der Waals surface area contributed by atoms with Gasteiger partial charge in [-0.2, -0.15) is 0 Å². The Hall–Kier alpha value is -0.370. The summed E-state index contributed by atoms with van der Waals surface area (Å²) in [5.74, 6) is 0.454. The Morgan fingerprint density at radius 2 is 1.71 bits per heavy atom. The lowest BCUT2D eigenvalue weighted by Gasteiger charge is -2.48. The van der Waals surface area contributed by atoms with Crippen molar-refractivity contribution in [3.63, 3.8) is 0 Å². The minimum Gasteiger partial charge on any atom is -0.305 e. The molecule has 1 saturated carbocycles. The summed E-state index contributed by atoms with van der Waals surface area (Å²) >= 11 is 0. The molecule has 1 spiro atoms. The second-order valence-corrected chi connectivity index (χ2v) is 5.74. The monoisotopic (exact) mass is 195 g/mol. The van der Waals surface area contributed by atoms with Crippen LogP contribution >= 0.6 is 0 Å². The van der Waals surface area contributed by atoms with Gasteiger partial charge in [-0.15, -0.1) is 0 Å². The van der Waals surface area contributed by atoms with Gasteiger partial charge in [0.2, 0.25) is 0 Å². The average molecular weight is 195 g/mol. The summed E-state index contributed by atoms with van der Waals surface area (Å²) in [6.07, 6.45) is 7.79. The molecule has 1 aliphatic heterocycles. The van der Waals surface area contributed by atoms with E-state index in [9.17, 15) is 4.79 Å². The van der Waals surface area contributed by atoms with E-state index < -0.39 is 0 Å². The highest BCUT2D eigenvalue weighted by molar-refractivity contribution is 5.81. The summed E-state index contributed by atoms with van der Waals surface area (Å²) in [4.78, 5) is 11.7. The first-order chi connectivity index (χ1) is 6.52. The zero-order valence-electron chi connectivity index (χ0n) is 9.36. The van der Waals surface area contributed by atoms with Crippen molar-refractivity contribution in [2.75, 3.05) is 0 Å². The molecule has 80 valence electrons. The van der Waals surface area contributed by atoms with Crippen LogP contribution in [0, 0.1) is 0 Å². The van der Waals surface area contributed by atoms with E-state index in [1.54, 1.807) is 0 Å². The Labute approximate surface area is 86.5 Å². The van der Waals surface area contributed by atoms with Crippen LogP contribution in [-0.2, 0) is 4.79 Å². The summed E-state index contributed by atoms with van der Waals surface area (Å²) < 4.78 is 0. The highest BCUT2D eigenvalue weighted by atomic mass is 16.1. The molecule has 0 unspecified atom stereocenters. The first kappa shape index (κ1) is 10.2. The second-order valence-electron chi connectivity index (χ2n) is 5.74. The molecule has 0 atom stereocenters. The average Bonchev–Trinajstić information content (AvgIpc) is 2.00. The maximum Gasteiger partial charge on any atom is 0.136 e. The highest BCUT2D eigenvalue weighted by Crippen LogP contribution is 2.37. The molecule has 2 aliphatic rings. The van der Waals surface area contributed by atoms with Gasteiger partial charge in [-0.3, -0.25) is 4.79 Å². The third-order valence-corrected chi connectivity index (χ3v) is 3.59. The van der Waals surface area contributed by atoms with Crippen LogP contribution in [0.15, 0.2) is 0 Å². The van der Waals surface area contributed by atoms with Crippen LogP contribution in [0.2, 0.25) is 0 Å². The predicted octanol–water partition coefficient (Wildman–Crippen LogP) is 2.42. The number of hydrogen-bond acceptors (Lipinski definition) is 2. The van der Waals surface area contributed by atoms with Crippen LogP contribution in [0.4, 0.5) is 0 Å². The van der Waals surface area contributed by atoms with Crippen LogP contribution < -0.4 is 5.32 Å². The van der Waals surface area contributed by atoms with Crippen molar-refractivity contribution in [3.8, 4) is 0 Å². The fraction of sp³-hybridized carbons (Fsp3) is 0.917. The maximum atomic E-state index is 11.7. The molecule has 14 heavy (non-hydrogen) atoms. The van der Waals surface area contributed by atoms with Crippen molar-refractivity contribution >= 4 is 5.78 Å². The predicted molar refractivity (Wildman–Crippen MR) is 57.3 cm³/mol. The van der Waals surface area contributed by atoms with E-state index in [4.69, 9.17) is 0 Å². The fourth-order valence-corrected chi connectivity index (χ4v) is 3.27. The van der Waals surface area contributed by atoms with Gasteiger partial charge in [-0.1, -0.05) is 19.3 Å². The Balaban J connectivity index is 2.14. The van der Waals surface area contributed by atoms with Gasteiger partial charge >= 0.3 is 0 Å². The van der Waals surface area contributed by atoms with Gasteiger partial charge < -0.3 is 5.32 Å². The highest BCUT2D eigenvalue weighted by Gasteiger charge is 2.43. The van der Waals surface area contributed by atoms with E-state index >= 15 is 0 Å². The molecule has 0 radical (unpaired) electrons. The van der Waals surface area contributed by atoms with E-state index in [-0.39, 0.29) is 11.1 Å². The van der Waals surface area contributed by atoms with E-state index in [0.717, 1.165) is 6.42 Å². The number of piperidine rings is 1. The van der Waals surface area contributed by atoms with E-state index in [1.807, 2.05) is 0 Å². The van der Waals surface area contributed by atoms with Crippen LogP contribution in [0.3, 0.4) is 0 Å². The lowest BCUT2D eigenvalue weighted by Crippen LogP contribution is -2.61. The molecule has 1 aliphatic carbocycles. The number of nitrogens with one attached hydrogen (secondary N) is 1. The molecule has 0 bridgehead atoms. The molecule has 0 aromatic carbocycles. The zero-order valence-corrected chi connectivity index (χ0v) is 9.36. The third kappa shape index (κ3) is 2.00. The Morgan fingerprint density at radius 1 is 1.07 bits per heavy atom. The van der Waals surface area contributed by atoms with Gasteiger partial charge in [0.05, 0.1) is 0 Å². The largest absolute Gasteiger partial charge is 0.305 e. The molecule has 0 amide bonds. The van der Waals surface area contributed by atoms with Crippen molar-refractivity contribution < 1.29 is 4.79 Å². The van der Waals surface area contributed by atoms with Crippen molar-refractivity contribution in [2.45, 2.75) is 69.9 Å². The zero-order chi connectivity index (χ0) is 10.2. The number of rotatable bonds is 0. The van der Waals surface area contributed by atoms with Crippen LogP contribution in [-0.4, -0.2) is 16.9 Å². The first-order valence-electron chi connectivity index (χ1n) is 5.83. The van der Waals surface area contributed by atoms with Crippen LogP contribution in [0.5, 0.6) is 0 Å². The van der Waals surface area contributed by atoms with Gasteiger partial charge in [0, 0.05) is 23.9 Å². The standard InChI is InChI=1S/C12H21NO/c1-11(2)8-10(14)9-12(13-11)6-4-3-5-7-12/h13H,3-9H2,1-2H3. The van der Waals surface area contributed by atoms with Gasteiger partial charge in [-0.05, 0) is 26.7 Å². The van der Waals surface area contributed by atoms with Gasteiger partial charge in [0.15, 0.2) is 0 Å².